The summed E-state index contributed by atoms with van der Waals surface area (Å²) in [7, 11) is 0. The maximum atomic E-state index is 12.5. The van der Waals surface area contributed by atoms with Crippen molar-refractivity contribution >= 4 is 17.8 Å². The van der Waals surface area contributed by atoms with Crippen molar-refractivity contribution in [3.05, 3.63) is 41.7 Å². The molecular weight excluding hydrogens is 312 g/mol. The molecule has 1 aromatic rings. The van der Waals surface area contributed by atoms with Gasteiger partial charge in [-0.3, -0.25) is 4.79 Å². The summed E-state index contributed by atoms with van der Waals surface area (Å²) in [5.74, 6) is 1.98. The van der Waals surface area contributed by atoms with E-state index in [1.54, 1.807) is 12.3 Å². The Morgan fingerprint density at radius 2 is 2.08 bits per heavy atom. The number of allylic oxidation sites excluding steroid dienone is 1. The van der Waals surface area contributed by atoms with Crippen LogP contribution in [-0.4, -0.2) is 46.9 Å². The van der Waals surface area contributed by atoms with Gasteiger partial charge in [-0.25, -0.2) is 4.98 Å². The molecule has 3 aliphatic rings. The quantitative estimate of drug-likeness (QED) is 0.663. The number of carbonyl (C=O) groups excluding carboxylic acids is 1. The molecule has 0 saturated carbocycles. The molecule has 2 atom stereocenters. The molecule has 3 aliphatic heterocycles. The number of fused-ring (bicyclic) bond motifs is 2. The van der Waals surface area contributed by atoms with Gasteiger partial charge in [0.15, 0.2) is 0 Å². The van der Waals surface area contributed by atoms with Crippen molar-refractivity contribution in [2.45, 2.75) is 12.8 Å². The standard InChI is InChI=1S/C20H22N4O/c1-3-23-10-17-12-24(13-18(17)11-23)19(25)7-5-15-8-16-6-4-14(2)22-20(16)21-9-15/h1,5,7-9,17-18H,2,4,6,10-13H2,(H,21,22)/b7-5+/t17-,18+. The fraction of sp³-hybridized carbons (Fsp3) is 0.400. The number of terminal acetylenes is 1. The van der Waals surface area contributed by atoms with Crippen LogP contribution in [0, 0.1) is 24.3 Å². The van der Waals surface area contributed by atoms with Crippen molar-refractivity contribution in [1.29, 1.82) is 0 Å². The van der Waals surface area contributed by atoms with Crippen LogP contribution in [0.25, 0.3) is 6.08 Å². The van der Waals surface area contributed by atoms with E-state index < -0.39 is 0 Å². The first-order valence-electron chi connectivity index (χ1n) is 8.74. The zero-order valence-corrected chi connectivity index (χ0v) is 14.2. The van der Waals surface area contributed by atoms with Gasteiger partial charge in [-0.2, -0.15) is 0 Å². The van der Waals surface area contributed by atoms with Crippen molar-refractivity contribution in [1.82, 2.24) is 14.8 Å². The largest absolute Gasteiger partial charge is 0.344 e. The Hall–Kier alpha value is -2.74. The van der Waals surface area contributed by atoms with Crippen LogP contribution in [0.15, 0.2) is 30.6 Å². The van der Waals surface area contributed by atoms with Crippen molar-refractivity contribution in [3.8, 4) is 12.5 Å². The molecular formula is C20H22N4O. The summed E-state index contributed by atoms with van der Waals surface area (Å²) in [6.07, 6.45) is 12.6. The Bertz CT molecular complexity index is 777. The molecule has 0 aromatic carbocycles. The van der Waals surface area contributed by atoms with E-state index in [9.17, 15) is 4.79 Å². The van der Waals surface area contributed by atoms with Crippen LogP contribution in [-0.2, 0) is 11.2 Å². The Labute approximate surface area is 148 Å². The average Bonchev–Trinajstić information content (AvgIpc) is 3.18. The van der Waals surface area contributed by atoms with Gasteiger partial charge in [0.05, 0.1) is 0 Å². The van der Waals surface area contributed by atoms with Gasteiger partial charge in [0.1, 0.15) is 5.82 Å². The number of carbonyl (C=O) groups is 1. The SMILES string of the molecule is C#CN1C[C@@H]2CN(C(=O)/C=C/c3cnc4c(c3)CCC(=C)N4)C[C@@H]2C1. The summed E-state index contributed by atoms with van der Waals surface area (Å²) in [5, 5.41) is 3.20. The third-order valence-electron chi connectivity index (χ3n) is 5.38. The highest BCUT2D eigenvalue weighted by Crippen LogP contribution is 2.31. The number of aryl methyl sites for hydroxylation is 1. The van der Waals surface area contributed by atoms with Gasteiger partial charge >= 0.3 is 0 Å². The summed E-state index contributed by atoms with van der Waals surface area (Å²) < 4.78 is 0. The first-order valence-corrected chi connectivity index (χ1v) is 8.74. The number of hydrogen-bond donors (Lipinski definition) is 1. The molecule has 0 bridgehead atoms. The second kappa shape index (κ2) is 6.29. The smallest absolute Gasteiger partial charge is 0.246 e. The van der Waals surface area contributed by atoms with Crippen molar-refractivity contribution in [2.75, 3.05) is 31.5 Å². The van der Waals surface area contributed by atoms with E-state index >= 15 is 0 Å². The van der Waals surface area contributed by atoms with Gasteiger partial charge in [0.2, 0.25) is 5.91 Å². The third-order valence-corrected chi connectivity index (χ3v) is 5.38. The van der Waals surface area contributed by atoms with E-state index in [1.165, 1.54) is 5.56 Å². The fourth-order valence-electron chi connectivity index (χ4n) is 3.99. The summed E-state index contributed by atoms with van der Waals surface area (Å²) in [6.45, 7) is 7.37. The van der Waals surface area contributed by atoms with E-state index in [0.29, 0.717) is 11.8 Å². The molecule has 0 spiro atoms. The third kappa shape index (κ3) is 3.12. The van der Waals surface area contributed by atoms with Crippen LogP contribution < -0.4 is 5.32 Å². The number of anilines is 1. The number of amides is 1. The predicted octanol–water partition coefficient (Wildman–Crippen LogP) is 1.95. The number of hydrogen-bond acceptors (Lipinski definition) is 4. The van der Waals surface area contributed by atoms with Gasteiger partial charge < -0.3 is 15.1 Å². The van der Waals surface area contributed by atoms with Gasteiger partial charge in [-0.05, 0) is 36.1 Å². The van der Waals surface area contributed by atoms with E-state index in [1.807, 2.05) is 15.9 Å². The molecule has 2 fully saturated rings. The minimum atomic E-state index is 0.0749. The molecule has 0 aliphatic carbocycles. The summed E-state index contributed by atoms with van der Waals surface area (Å²) in [6, 6.07) is 4.80. The molecule has 25 heavy (non-hydrogen) atoms. The number of nitrogens with zero attached hydrogens (tertiary/aromatic N) is 3. The van der Waals surface area contributed by atoms with Crippen LogP contribution in [0.1, 0.15) is 17.5 Å². The highest BCUT2D eigenvalue weighted by molar-refractivity contribution is 5.92. The molecule has 0 unspecified atom stereocenters. The minimum Gasteiger partial charge on any atom is -0.344 e. The monoisotopic (exact) mass is 334 g/mol. The first kappa shape index (κ1) is 15.8. The van der Waals surface area contributed by atoms with Crippen LogP contribution in [0.2, 0.25) is 0 Å². The van der Waals surface area contributed by atoms with Gasteiger partial charge in [0, 0.05) is 62.0 Å². The van der Waals surface area contributed by atoms with Gasteiger partial charge in [-0.1, -0.05) is 13.0 Å². The molecule has 128 valence electrons. The molecule has 5 heteroatoms. The number of aromatic nitrogens is 1. The van der Waals surface area contributed by atoms with Crippen LogP contribution in [0.5, 0.6) is 0 Å². The molecule has 1 amide bonds. The maximum Gasteiger partial charge on any atom is 0.246 e. The van der Waals surface area contributed by atoms with E-state index in [2.05, 4.69) is 29.0 Å². The first-order chi connectivity index (χ1) is 12.1. The summed E-state index contributed by atoms with van der Waals surface area (Å²) in [4.78, 5) is 20.9. The van der Waals surface area contributed by atoms with Crippen molar-refractivity contribution in [3.63, 3.8) is 0 Å². The van der Waals surface area contributed by atoms with Crippen LogP contribution in [0.4, 0.5) is 5.82 Å². The molecule has 1 aromatic heterocycles. The average molecular weight is 334 g/mol. The molecule has 5 nitrogen and oxygen atoms in total. The van der Waals surface area contributed by atoms with Crippen molar-refractivity contribution in [2.24, 2.45) is 11.8 Å². The van der Waals surface area contributed by atoms with Crippen LogP contribution >= 0.6 is 0 Å². The predicted molar refractivity (Wildman–Crippen MR) is 98.3 cm³/mol. The van der Waals surface area contributed by atoms with Gasteiger partial charge in [-0.15, -0.1) is 0 Å². The Morgan fingerprint density at radius 1 is 1.32 bits per heavy atom. The lowest BCUT2D eigenvalue weighted by atomic mass is 10.0. The van der Waals surface area contributed by atoms with Crippen LogP contribution in [0.3, 0.4) is 0 Å². The maximum absolute atomic E-state index is 12.5. The second-order valence-corrected chi connectivity index (χ2v) is 7.14. The number of pyridine rings is 1. The van der Waals surface area contributed by atoms with E-state index in [-0.39, 0.29) is 5.91 Å². The zero-order chi connectivity index (χ0) is 17.4. The highest BCUT2D eigenvalue weighted by Gasteiger charge is 2.40. The van der Waals surface area contributed by atoms with Gasteiger partial charge in [0.25, 0.3) is 0 Å². The lowest BCUT2D eigenvalue weighted by Crippen LogP contribution is -2.30. The fourth-order valence-corrected chi connectivity index (χ4v) is 3.99. The summed E-state index contributed by atoms with van der Waals surface area (Å²) in [5.41, 5.74) is 3.13. The van der Waals surface area contributed by atoms with Crippen molar-refractivity contribution < 1.29 is 4.79 Å². The molecule has 1 N–H and O–H groups in total. The number of rotatable bonds is 2. The lowest BCUT2D eigenvalue weighted by molar-refractivity contribution is -0.125. The number of nitrogens with one attached hydrogen (secondary N) is 1. The normalized spacial score (nSPS) is 24.8. The Balaban J connectivity index is 1.39. The zero-order valence-electron chi connectivity index (χ0n) is 14.2. The van der Waals surface area contributed by atoms with E-state index in [0.717, 1.165) is 56.1 Å². The Morgan fingerprint density at radius 3 is 2.80 bits per heavy atom. The minimum absolute atomic E-state index is 0.0749. The topological polar surface area (TPSA) is 48.5 Å². The Kier molecular flexibility index (Phi) is 3.96. The summed E-state index contributed by atoms with van der Waals surface area (Å²) >= 11 is 0. The van der Waals surface area contributed by atoms with E-state index in [4.69, 9.17) is 6.42 Å². The highest BCUT2D eigenvalue weighted by atomic mass is 16.2. The molecule has 0 radical (unpaired) electrons. The second-order valence-electron chi connectivity index (χ2n) is 7.14. The molecule has 4 heterocycles. The molecule has 4 rings (SSSR count). The molecule has 2 saturated heterocycles. The number of likely N-dealkylation sites (tertiary alicyclic amines) is 2. The lowest BCUT2D eigenvalue weighted by Gasteiger charge is -2.19.